The molecule has 2 heterocycles. The first-order valence-electron chi connectivity index (χ1n) is 8.57. The largest absolute Gasteiger partial charge is 0.466 e. The van der Waals surface area contributed by atoms with Gasteiger partial charge in [0.1, 0.15) is 5.76 Å². The molecule has 3 aromatic rings. The van der Waals surface area contributed by atoms with Gasteiger partial charge in [-0.3, -0.25) is 0 Å². The lowest BCUT2D eigenvalue weighted by molar-refractivity contribution is -0.144. The summed E-state index contributed by atoms with van der Waals surface area (Å²) in [7, 11) is 1.25. The van der Waals surface area contributed by atoms with Crippen LogP contribution in [0.5, 0.6) is 0 Å². The van der Waals surface area contributed by atoms with E-state index in [2.05, 4.69) is 4.74 Å². The van der Waals surface area contributed by atoms with Crippen molar-refractivity contribution in [3.8, 4) is 0 Å². The molecule has 0 bridgehead atoms. The molecule has 2 aromatic heterocycles. The molecule has 0 N–H and O–H groups in total. The molecule has 6 heteroatoms. The van der Waals surface area contributed by atoms with Crippen molar-refractivity contribution in [3.63, 3.8) is 0 Å². The van der Waals surface area contributed by atoms with Crippen LogP contribution in [-0.4, -0.2) is 30.6 Å². The van der Waals surface area contributed by atoms with Crippen LogP contribution in [-0.2, 0) is 20.7 Å². The van der Waals surface area contributed by atoms with Crippen LogP contribution in [0.3, 0.4) is 0 Å². The first kappa shape index (κ1) is 17.0. The van der Waals surface area contributed by atoms with Crippen molar-refractivity contribution in [1.82, 2.24) is 4.98 Å². The highest BCUT2D eigenvalue weighted by Crippen LogP contribution is 2.37. The quantitative estimate of drug-likeness (QED) is 0.659. The van der Waals surface area contributed by atoms with Gasteiger partial charge in [-0.15, -0.1) is 0 Å². The van der Waals surface area contributed by atoms with Gasteiger partial charge in [-0.05, 0) is 48.3 Å². The number of benzene rings is 1. The van der Waals surface area contributed by atoms with Crippen molar-refractivity contribution in [1.29, 1.82) is 0 Å². The van der Waals surface area contributed by atoms with Crippen LogP contribution in [0.4, 0.5) is 0 Å². The first-order chi connectivity index (χ1) is 13.2. The van der Waals surface area contributed by atoms with Crippen LogP contribution in [0.1, 0.15) is 33.8 Å². The molecule has 6 nitrogen and oxygen atoms in total. The average Bonchev–Trinajstić information content (AvgIpc) is 3.34. The van der Waals surface area contributed by atoms with Crippen LogP contribution in [0.2, 0.25) is 0 Å². The van der Waals surface area contributed by atoms with E-state index in [9.17, 15) is 9.59 Å². The van der Waals surface area contributed by atoms with E-state index in [1.54, 1.807) is 6.26 Å². The summed E-state index contributed by atoms with van der Waals surface area (Å²) in [5.74, 6) is -0.408. The summed E-state index contributed by atoms with van der Waals surface area (Å²) in [6.45, 7) is -0.421. The number of nitrogens with zero attached hydrogens (tertiary/aromatic N) is 1. The van der Waals surface area contributed by atoms with E-state index in [1.165, 1.54) is 7.11 Å². The molecule has 0 radical (unpaired) electrons. The second kappa shape index (κ2) is 7.07. The second-order valence-corrected chi connectivity index (χ2v) is 6.17. The number of para-hydroxylation sites is 1. The fourth-order valence-electron chi connectivity index (χ4n) is 3.31. The van der Waals surface area contributed by atoms with Gasteiger partial charge in [-0.2, -0.15) is 0 Å². The lowest BCUT2D eigenvalue weighted by Gasteiger charge is -2.12. The van der Waals surface area contributed by atoms with Gasteiger partial charge in [0.2, 0.25) is 0 Å². The molecule has 0 amide bonds. The zero-order valence-electron chi connectivity index (χ0n) is 14.7. The molecule has 0 fully saturated rings. The molecule has 0 saturated heterocycles. The van der Waals surface area contributed by atoms with Gasteiger partial charge in [-0.1, -0.05) is 18.2 Å². The van der Waals surface area contributed by atoms with Crippen LogP contribution in [0.15, 0.2) is 47.1 Å². The summed E-state index contributed by atoms with van der Waals surface area (Å²) >= 11 is 0. The van der Waals surface area contributed by atoms with Crippen molar-refractivity contribution in [2.75, 3.05) is 13.7 Å². The van der Waals surface area contributed by atoms with Gasteiger partial charge < -0.3 is 13.9 Å². The zero-order chi connectivity index (χ0) is 18.8. The number of rotatable bonds is 4. The molecule has 1 aliphatic carbocycles. The predicted molar refractivity (Wildman–Crippen MR) is 98.9 cm³/mol. The second-order valence-electron chi connectivity index (χ2n) is 6.17. The van der Waals surface area contributed by atoms with Crippen LogP contribution >= 0.6 is 0 Å². The summed E-state index contributed by atoms with van der Waals surface area (Å²) in [4.78, 5) is 28.9. The normalized spacial score (nSPS) is 14.3. The Kier molecular flexibility index (Phi) is 4.46. The number of carbonyl (C=O) groups is 2. The average molecular weight is 363 g/mol. The Labute approximate surface area is 155 Å². The maximum absolute atomic E-state index is 12.8. The Balaban J connectivity index is 1.81. The predicted octanol–water partition coefficient (Wildman–Crippen LogP) is 3.64. The van der Waals surface area contributed by atoms with Crippen molar-refractivity contribution in [2.45, 2.75) is 12.8 Å². The van der Waals surface area contributed by atoms with Gasteiger partial charge >= 0.3 is 11.9 Å². The minimum Gasteiger partial charge on any atom is -0.466 e. The third kappa shape index (κ3) is 3.21. The summed E-state index contributed by atoms with van der Waals surface area (Å²) in [5.41, 5.74) is 3.78. The topological polar surface area (TPSA) is 78.6 Å². The van der Waals surface area contributed by atoms with Crippen LogP contribution in [0, 0.1) is 0 Å². The van der Waals surface area contributed by atoms with E-state index >= 15 is 0 Å². The summed E-state index contributed by atoms with van der Waals surface area (Å²) in [6, 6.07) is 11.1. The number of hydrogen-bond donors (Lipinski definition) is 0. The fourth-order valence-corrected chi connectivity index (χ4v) is 3.31. The third-order valence-corrected chi connectivity index (χ3v) is 4.55. The molecule has 4 rings (SSSR count). The van der Waals surface area contributed by atoms with Crippen molar-refractivity contribution < 1.29 is 23.5 Å². The number of furan rings is 1. The van der Waals surface area contributed by atoms with E-state index in [0.29, 0.717) is 22.9 Å². The summed E-state index contributed by atoms with van der Waals surface area (Å²) < 4.78 is 15.1. The van der Waals surface area contributed by atoms with Gasteiger partial charge in [0, 0.05) is 5.39 Å². The smallest absolute Gasteiger partial charge is 0.344 e. The number of methoxy groups -OCH3 is 1. The fraction of sp³-hybridized carbons (Fsp3) is 0.190. The maximum atomic E-state index is 12.8. The number of ether oxygens (including phenoxy) is 2. The van der Waals surface area contributed by atoms with Gasteiger partial charge in [0.25, 0.3) is 0 Å². The Morgan fingerprint density at radius 2 is 2.04 bits per heavy atom. The molecule has 27 heavy (non-hydrogen) atoms. The summed E-state index contributed by atoms with van der Waals surface area (Å²) in [5, 5.41) is 0.713. The van der Waals surface area contributed by atoms with Gasteiger partial charge in [-0.25, -0.2) is 14.6 Å². The number of hydrogen-bond acceptors (Lipinski definition) is 6. The monoisotopic (exact) mass is 363 g/mol. The molecular weight excluding hydrogens is 346 g/mol. The number of allylic oxidation sites excluding steroid dienone is 1. The molecule has 0 atom stereocenters. The highest BCUT2D eigenvalue weighted by atomic mass is 16.6. The number of aromatic nitrogens is 1. The van der Waals surface area contributed by atoms with Crippen molar-refractivity contribution in [3.05, 3.63) is 65.2 Å². The minimum absolute atomic E-state index is 0.421. The number of fused-ring (bicyclic) bond motifs is 2. The standard InChI is InChI=1S/C21H17NO5/c1-25-18(23)12-27-21(24)19-15-6-2-3-7-17(15)22-20-13(8-9-16(19)20)11-14-5-4-10-26-14/h2-7,10-11H,8-9,12H2,1H3. The van der Waals surface area contributed by atoms with Crippen molar-refractivity contribution >= 4 is 34.5 Å². The first-order valence-corrected chi connectivity index (χ1v) is 8.57. The number of carbonyl (C=O) groups excluding carboxylic acids is 2. The van der Waals surface area contributed by atoms with Crippen LogP contribution < -0.4 is 0 Å². The molecule has 1 aromatic carbocycles. The summed E-state index contributed by atoms with van der Waals surface area (Å²) in [6.07, 6.45) is 4.97. The number of pyridine rings is 1. The lowest BCUT2D eigenvalue weighted by Crippen LogP contribution is -2.17. The Morgan fingerprint density at radius 3 is 2.81 bits per heavy atom. The van der Waals surface area contributed by atoms with Crippen LogP contribution in [0.25, 0.3) is 22.6 Å². The molecule has 136 valence electrons. The molecule has 0 spiro atoms. The molecule has 0 unspecified atom stereocenters. The van der Waals surface area contributed by atoms with E-state index in [4.69, 9.17) is 14.1 Å². The molecule has 0 aliphatic heterocycles. The van der Waals surface area contributed by atoms with E-state index < -0.39 is 18.5 Å². The third-order valence-electron chi connectivity index (χ3n) is 4.55. The Morgan fingerprint density at radius 1 is 1.19 bits per heavy atom. The molecule has 0 saturated carbocycles. The molecule has 1 aliphatic rings. The zero-order valence-corrected chi connectivity index (χ0v) is 14.7. The Hall–Kier alpha value is -3.41. The van der Waals surface area contributed by atoms with Gasteiger partial charge in [0.05, 0.1) is 30.1 Å². The lowest BCUT2D eigenvalue weighted by atomic mass is 10.0. The SMILES string of the molecule is COC(=O)COC(=O)c1c2c(nc3ccccc13)C(=Cc1ccco1)CC2. The van der Waals surface area contributed by atoms with E-state index in [0.717, 1.165) is 29.0 Å². The number of esters is 2. The van der Waals surface area contributed by atoms with E-state index in [1.807, 2.05) is 42.5 Å². The highest BCUT2D eigenvalue weighted by Gasteiger charge is 2.28. The van der Waals surface area contributed by atoms with E-state index in [-0.39, 0.29) is 0 Å². The van der Waals surface area contributed by atoms with Crippen molar-refractivity contribution in [2.24, 2.45) is 0 Å². The highest BCUT2D eigenvalue weighted by molar-refractivity contribution is 6.07. The minimum atomic E-state index is -0.600. The Bertz CT molecular complexity index is 1050. The molecular formula is C21H17NO5. The van der Waals surface area contributed by atoms with Gasteiger partial charge in [0.15, 0.2) is 6.61 Å². The maximum Gasteiger partial charge on any atom is 0.344 e.